The average molecular weight is 299 g/mol. The molecule has 21 heavy (non-hydrogen) atoms. The Kier molecular flexibility index (Phi) is 5.17. The van der Waals surface area contributed by atoms with E-state index in [9.17, 15) is 13.9 Å². The van der Waals surface area contributed by atoms with Gasteiger partial charge in [0.2, 0.25) is 0 Å². The van der Waals surface area contributed by atoms with Gasteiger partial charge < -0.3 is 15.2 Å². The maximum Gasteiger partial charge on any atom is 0.190 e. The summed E-state index contributed by atoms with van der Waals surface area (Å²) in [6, 6.07) is 3.05. The monoisotopic (exact) mass is 299 g/mol. The minimum Gasteiger partial charge on any atom is -0.485 e. The highest BCUT2D eigenvalue weighted by molar-refractivity contribution is 5.31. The van der Waals surface area contributed by atoms with Crippen LogP contribution in [0.5, 0.6) is 5.75 Å². The highest BCUT2D eigenvalue weighted by atomic mass is 19.1. The molecule has 0 spiro atoms. The molecule has 1 aliphatic rings. The Hall–Kier alpha value is -1.20. The summed E-state index contributed by atoms with van der Waals surface area (Å²) < 4.78 is 33.1. The van der Waals surface area contributed by atoms with E-state index in [1.165, 1.54) is 12.1 Å². The lowest BCUT2D eigenvalue weighted by molar-refractivity contribution is -0.0133. The van der Waals surface area contributed by atoms with E-state index in [-0.39, 0.29) is 6.61 Å². The summed E-state index contributed by atoms with van der Waals surface area (Å²) in [6.07, 6.45) is 3.18. The molecule has 3 nitrogen and oxygen atoms in total. The molecule has 0 bridgehead atoms. The largest absolute Gasteiger partial charge is 0.485 e. The summed E-state index contributed by atoms with van der Waals surface area (Å²) in [6.45, 7) is 3.96. The van der Waals surface area contributed by atoms with Crippen LogP contribution in [-0.4, -0.2) is 23.4 Å². The molecule has 0 saturated heterocycles. The number of ether oxygens (including phenoxy) is 1. The molecule has 2 N–H and O–H groups in total. The van der Waals surface area contributed by atoms with Crippen molar-refractivity contribution in [3.05, 3.63) is 29.3 Å². The summed E-state index contributed by atoms with van der Waals surface area (Å²) in [5.74, 6) is -1.86. The van der Waals surface area contributed by atoms with E-state index in [0.717, 1.165) is 12.8 Å². The van der Waals surface area contributed by atoms with Gasteiger partial charge in [-0.1, -0.05) is 13.8 Å². The summed E-state index contributed by atoms with van der Waals surface area (Å²) in [5.41, 5.74) is -0.490. The summed E-state index contributed by atoms with van der Waals surface area (Å²) in [7, 11) is 0. The topological polar surface area (TPSA) is 41.5 Å². The van der Waals surface area contributed by atoms with Gasteiger partial charge in [0.1, 0.15) is 6.61 Å². The minimum absolute atomic E-state index is 0.118. The van der Waals surface area contributed by atoms with Crippen molar-refractivity contribution >= 4 is 0 Å². The molecule has 5 heteroatoms. The SMILES string of the molecule is CCC(O)(CC)COc1c(F)cc(CNC2CC2)cc1F. The first-order chi connectivity index (χ1) is 9.97. The second-order valence-electron chi connectivity index (χ2n) is 5.76. The van der Waals surface area contributed by atoms with Gasteiger partial charge in [-0.3, -0.25) is 0 Å². The predicted octanol–water partition coefficient (Wildman–Crippen LogP) is 3.15. The van der Waals surface area contributed by atoms with Crippen molar-refractivity contribution in [2.75, 3.05) is 6.61 Å². The van der Waals surface area contributed by atoms with Gasteiger partial charge in [-0.15, -0.1) is 0 Å². The Labute approximate surface area is 124 Å². The van der Waals surface area contributed by atoms with Crippen molar-refractivity contribution in [1.29, 1.82) is 0 Å². The van der Waals surface area contributed by atoms with Crippen LogP contribution in [0.15, 0.2) is 12.1 Å². The zero-order valence-corrected chi connectivity index (χ0v) is 12.6. The van der Waals surface area contributed by atoms with Crippen LogP contribution in [0, 0.1) is 11.6 Å². The van der Waals surface area contributed by atoms with Crippen LogP contribution in [-0.2, 0) is 6.54 Å². The Bertz CT molecular complexity index is 462. The van der Waals surface area contributed by atoms with Crippen LogP contribution in [0.3, 0.4) is 0 Å². The van der Waals surface area contributed by atoms with Crippen LogP contribution in [0.4, 0.5) is 8.78 Å². The number of hydrogen-bond acceptors (Lipinski definition) is 3. The van der Waals surface area contributed by atoms with Gasteiger partial charge >= 0.3 is 0 Å². The van der Waals surface area contributed by atoms with Crippen LogP contribution in [0.1, 0.15) is 45.1 Å². The molecule has 1 aromatic rings. The average Bonchev–Trinajstić information content (AvgIpc) is 3.28. The first-order valence-electron chi connectivity index (χ1n) is 7.54. The zero-order chi connectivity index (χ0) is 15.5. The molecule has 1 aromatic carbocycles. The van der Waals surface area contributed by atoms with Crippen molar-refractivity contribution in [3.8, 4) is 5.75 Å². The molecule has 1 fully saturated rings. The highest BCUT2D eigenvalue weighted by Gasteiger charge is 2.25. The fraction of sp³-hybridized carbons (Fsp3) is 0.625. The van der Waals surface area contributed by atoms with Gasteiger partial charge in [-0.25, -0.2) is 8.78 Å². The number of halogens is 2. The standard InChI is InChI=1S/C16H23F2NO2/c1-3-16(20,4-2)10-21-15-13(17)7-11(8-14(15)18)9-19-12-5-6-12/h7-8,12,19-20H,3-6,9-10H2,1-2H3. The Morgan fingerprint density at radius 1 is 1.24 bits per heavy atom. The number of hydrogen-bond donors (Lipinski definition) is 2. The Morgan fingerprint density at radius 2 is 1.81 bits per heavy atom. The third kappa shape index (κ3) is 4.38. The van der Waals surface area contributed by atoms with Crippen molar-refractivity contribution < 1.29 is 18.6 Å². The molecule has 0 aromatic heterocycles. The Morgan fingerprint density at radius 3 is 2.29 bits per heavy atom. The van der Waals surface area contributed by atoms with Gasteiger partial charge in [-0.2, -0.15) is 0 Å². The first-order valence-corrected chi connectivity index (χ1v) is 7.54. The van der Waals surface area contributed by atoms with Gasteiger partial charge in [0.25, 0.3) is 0 Å². The van der Waals surface area contributed by atoms with Gasteiger partial charge in [0.05, 0.1) is 5.60 Å². The quantitative estimate of drug-likeness (QED) is 0.775. The molecule has 0 amide bonds. The molecule has 2 rings (SSSR count). The molecule has 0 unspecified atom stereocenters. The second-order valence-corrected chi connectivity index (χ2v) is 5.76. The maximum absolute atomic E-state index is 14.0. The normalized spacial score (nSPS) is 15.3. The Balaban J connectivity index is 2.02. The molecular weight excluding hydrogens is 276 g/mol. The van der Waals surface area contributed by atoms with Gasteiger partial charge in [0.15, 0.2) is 17.4 Å². The van der Waals surface area contributed by atoms with Crippen molar-refractivity contribution in [2.45, 2.75) is 57.7 Å². The van der Waals surface area contributed by atoms with E-state index in [0.29, 0.717) is 31.0 Å². The van der Waals surface area contributed by atoms with Crippen LogP contribution < -0.4 is 10.1 Å². The second kappa shape index (κ2) is 6.71. The van der Waals surface area contributed by atoms with E-state index < -0.39 is 23.0 Å². The van der Waals surface area contributed by atoms with E-state index >= 15 is 0 Å². The zero-order valence-electron chi connectivity index (χ0n) is 12.6. The van der Waals surface area contributed by atoms with E-state index in [1.807, 2.05) is 13.8 Å². The summed E-state index contributed by atoms with van der Waals surface area (Å²) in [5, 5.41) is 13.3. The lowest BCUT2D eigenvalue weighted by atomic mass is 9.99. The molecule has 0 radical (unpaired) electrons. The fourth-order valence-corrected chi connectivity index (χ4v) is 2.06. The molecule has 118 valence electrons. The maximum atomic E-state index is 14.0. The smallest absolute Gasteiger partial charge is 0.190 e. The highest BCUT2D eigenvalue weighted by Crippen LogP contribution is 2.26. The summed E-state index contributed by atoms with van der Waals surface area (Å²) >= 11 is 0. The third-order valence-electron chi connectivity index (χ3n) is 4.03. The van der Waals surface area contributed by atoms with E-state index in [2.05, 4.69) is 5.32 Å². The number of nitrogens with one attached hydrogen (secondary N) is 1. The van der Waals surface area contributed by atoms with Crippen molar-refractivity contribution in [1.82, 2.24) is 5.32 Å². The molecule has 1 aliphatic carbocycles. The molecule has 0 heterocycles. The lowest BCUT2D eigenvalue weighted by Gasteiger charge is -2.25. The molecule has 0 atom stereocenters. The van der Waals surface area contributed by atoms with E-state index in [4.69, 9.17) is 4.74 Å². The first kappa shape index (κ1) is 16.2. The lowest BCUT2D eigenvalue weighted by Crippen LogP contribution is -2.34. The molecular formula is C16H23F2NO2. The number of rotatable bonds is 8. The molecule has 1 saturated carbocycles. The van der Waals surface area contributed by atoms with Crippen LogP contribution in [0.2, 0.25) is 0 Å². The van der Waals surface area contributed by atoms with Crippen molar-refractivity contribution in [3.63, 3.8) is 0 Å². The fourth-order valence-electron chi connectivity index (χ4n) is 2.06. The molecule has 0 aliphatic heterocycles. The van der Waals surface area contributed by atoms with Crippen molar-refractivity contribution in [2.24, 2.45) is 0 Å². The van der Waals surface area contributed by atoms with E-state index in [1.54, 1.807) is 0 Å². The predicted molar refractivity (Wildman–Crippen MR) is 77.2 cm³/mol. The van der Waals surface area contributed by atoms with Crippen LogP contribution in [0.25, 0.3) is 0 Å². The van der Waals surface area contributed by atoms with Gasteiger partial charge in [0, 0.05) is 12.6 Å². The third-order valence-corrected chi connectivity index (χ3v) is 4.03. The van der Waals surface area contributed by atoms with Gasteiger partial charge in [-0.05, 0) is 43.4 Å². The minimum atomic E-state index is -1.05. The number of aliphatic hydroxyl groups is 1. The van der Waals surface area contributed by atoms with Crippen LogP contribution >= 0.6 is 0 Å². The summed E-state index contributed by atoms with van der Waals surface area (Å²) in [4.78, 5) is 0. The number of benzene rings is 1.